The molecular formula is C16H26O4. The quantitative estimate of drug-likeness (QED) is 0.554. The molecule has 0 heterocycles. The van der Waals surface area contributed by atoms with Crippen LogP contribution in [-0.2, 0) is 19.1 Å². The molecule has 0 aliphatic heterocycles. The van der Waals surface area contributed by atoms with Crippen molar-refractivity contribution in [1.82, 2.24) is 0 Å². The summed E-state index contributed by atoms with van der Waals surface area (Å²) in [5.74, 6) is 0.356. The number of ether oxygens (including phenoxy) is 2. The SMILES string of the molecule is C=C(C)C(=O)OC(CC)C1CCC(COC(C)=O)CC1. The number of rotatable bonds is 6. The molecule has 0 N–H and O–H groups in total. The van der Waals surface area contributed by atoms with Gasteiger partial charge in [-0.05, 0) is 50.9 Å². The molecule has 0 aromatic carbocycles. The molecule has 1 aliphatic rings. The zero-order valence-electron chi connectivity index (χ0n) is 12.8. The molecule has 0 saturated heterocycles. The van der Waals surface area contributed by atoms with Gasteiger partial charge in [0.15, 0.2) is 0 Å². The molecule has 1 fully saturated rings. The fraction of sp³-hybridized carbons (Fsp3) is 0.750. The summed E-state index contributed by atoms with van der Waals surface area (Å²) in [4.78, 5) is 22.4. The fourth-order valence-corrected chi connectivity index (χ4v) is 2.71. The Bertz CT molecular complexity index is 353. The Kier molecular flexibility index (Phi) is 6.76. The van der Waals surface area contributed by atoms with Gasteiger partial charge in [0.1, 0.15) is 6.10 Å². The normalized spacial score (nSPS) is 23.8. The lowest BCUT2D eigenvalue weighted by Gasteiger charge is -2.32. The lowest BCUT2D eigenvalue weighted by atomic mass is 9.79. The van der Waals surface area contributed by atoms with Crippen LogP contribution in [0.4, 0.5) is 0 Å². The summed E-state index contributed by atoms with van der Waals surface area (Å²) in [5, 5.41) is 0. The van der Waals surface area contributed by atoms with Gasteiger partial charge in [0.25, 0.3) is 0 Å². The van der Waals surface area contributed by atoms with Gasteiger partial charge in [-0.1, -0.05) is 13.5 Å². The molecular weight excluding hydrogens is 256 g/mol. The third-order valence-corrected chi connectivity index (χ3v) is 3.95. The standard InChI is InChI=1S/C16H26O4/c1-5-15(20-16(18)11(2)3)14-8-6-13(7-9-14)10-19-12(4)17/h13-15H,2,5-10H2,1,3-4H3. The van der Waals surface area contributed by atoms with Crippen LogP contribution in [0.25, 0.3) is 0 Å². The minimum Gasteiger partial charge on any atom is -0.466 e. The van der Waals surface area contributed by atoms with Gasteiger partial charge in [-0.2, -0.15) is 0 Å². The van der Waals surface area contributed by atoms with Crippen LogP contribution in [0.15, 0.2) is 12.2 Å². The first-order valence-corrected chi connectivity index (χ1v) is 7.43. The lowest BCUT2D eigenvalue weighted by molar-refractivity contribution is -0.149. The van der Waals surface area contributed by atoms with E-state index < -0.39 is 0 Å². The third kappa shape index (κ3) is 5.35. The summed E-state index contributed by atoms with van der Waals surface area (Å²) >= 11 is 0. The average molecular weight is 282 g/mol. The van der Waals surface area contributed by atoms with Gasteiger partial charge < -0.3 is 9.47 Å². The molecule has 4 heteroatoms. The van der Waals surface area contributed by atoms with E-state index in [1.807, 2.05) is 6.92 Å². The second-order valence-electron chi connectivity index (χ2n) is 5.72. The van der Waals surface area contributed by atoms with Gasteiger partial charge >= 0.3 is 11.9 Å². The van der Waals surface area contributed by atoms with Crippen molar-refractivity contribution < 1.29 is 19.1 Å². The predicted octanol–water partition coefficient (Wildman–Crippen LogP) is 3.25. The summed E-state index contributed by atoms with van der Waals surface area (Å²) in [5.41, 5.74) is 0.451. The molecule has 4 nitrogen and oxygen atoms in total. The molecule has 0 amide bonds. The number of hydrogen-bond donors (Lipinski definition) is 0. The first-order chi connectivity index (χ1) is 9.43. The van der Waals surface area contributed by atoms with E-state index in [1.54, 1.807) is 6.92 Å². The molecule has 1 saturated carbocycles. The monoisotopic (exact) mass is 282 g/mol. The first-order valence-electron chi connectivity index (χ1n) is 7.43. The number of carbonyl (C=O) groups is 2. The summed E-state index contributed by atoms with van der Waals surface area (Å²) < 4.78 is 10.6. The lowest BCUT2D eigenvalue weighted by Crippen LogP contribution is -2.31. The van der Waals surface area contributed by atoms with Crippen molar-refractivity contribution in [2.45, 2.75) is 59.0 Å². The van der Waals surface area contributed by atoms with E-state index in [0.717, 1.165) is 32.1 Å². The highest BCUT2D eigenvalue weighted by Crippen LogP contribution is 2.33. The zero-order valence-corrected chi connectivity index (χ0v) is 12.8. The molecule has 1 rings (SSSR count). The summed E-state index contributed by atoms with van der Waals surface area (Å²) in [6.07, 6.45) is 4.91. The highest BCUT2D eigenvalue weighted by atomic mass is 16.5. The Hall–Kier alpha value is -1.32. The van der Waals surface area contributed by atoms with Crippen molar-refractivity contribution in [3.05, 3.63) is 12.2 Å². The molecule has 0 aromatic rings. The molecule has 20 heavy (non-hydrogen) atoms. The van der Waals surface area contributed by atoms with Gasteiger partial charge in [-0.15, -0.1) is 0 Å². The Labute approximate surface area is 121 Å². The van der Waals surface area contributed by atoms with Crippen molar-refractivity contribution in [2.75, 3.05) is 6.61 Å². The van der Waals surface area contributed by atoms with Crippen molar-refractivity contribution in [2.24, 2.45) is 11.8 Å². The first kappa shape index (κ1) is 16.7. The Morgan fingerprint density at radius 1 is 1.20 bits per heavy atom. The molecule has 0 bridgehead atoms. The van der Waals surface area contributed by atoms with Crippen molar-refractivity contribution in [3.63, 3.8) is 0 Å². The van der Waals surface area contributed by atoms with Crippen LogP contribution in [0.2, 0.25) is 0 Å². The van der Waals surface area contributed by atoms with Crippen LogP contribution < -0.4 is 0 Å². The van der Waals surface area contributed by atoms with Crippen molar-refractivity contribution in [3.8, 4) is 0 Å². The highest BCUT2D eigenvalue weighted by Gasteiger charge is 2.29. The van der Waals surface area contributed by atoms with Crippen molar-refractivity contribution >= 4 is 11.9 Å². The van der Waals surface area contributed by atoms with Gasteiger partial charge in [0, 0.05) is 12.5 Å². The molecule has 1 unspecified atom stereocenters. The minimum atomic E-state index is -0.293. The van der Waals surface area contributed by atoms with Gasteiger partial charge in [0.05, 0.1) is 6.61 Å². The van der Waals surface area contributed by atoms with Crippen LogP contribution in [0.1, 0.15) is 52.9 Å². The van der Waals surface area contributed by atoms with E-state index in [-0.39, 0.29) is 18.0 Å². The Morgan fingerprint density at radius 3 is 2.25 bits per heavy atom. The van der Waals surface area contributed by atoms with E-state index in [0.29, 0.717) is 24.0 Å². The van der Waals surface area contributed by atoms with E-state index in [1.165, 1.54) is 6.92 Å². The van der Waals surface area contributed by atoms with Gasteiger partial charge in [-0.3, -0.25) is 4.79 Å². The van der Waals surface area contributed by atoms with Crippen LogP contribution >= 0.6 is 0 Å². The molecule has 0 radical (unpaired) electrons. The second kappa shape index (κ2) is 8.08. The topological polar surface area (TPSA) is 52.6 Å². The highest BCUT2D eigenvalue weighted by molar-refractivity contribution is 5.87. The molecule has 1 atom stereocenters. The van der Waals surface area contributed by atoms with Crippen LogP contribution in [0.5, 0.6) is 0 Å². The summed E-state index contributed by atoms with van der Waals surface area (Å²) in [6, 6.07) is 0. The number of esters is 2. The molecule has 0 aromatic heterocycles. The maximum Gasteiger partial charge on any atom is 0.333 e. The molecule has 114 valence electrons. The summed E-state index contributed by atoms with van der Waals surface area (Å²) in [7, 11) is 0. The van der Waals surface area contributed by atoms with E-state index >= 15 is 0 Å². The van der Waals surface area contributed by atoms with Crippen LogP contribution in [0.3, 0.4) is 0 Å². The van der Waals surface area contributed by atoms with E-state index in [2.05, 4.69) is 6.58 Å². The maximum absolute atomic E-state index is 11.6. The van der Waals surface area contributed by atoms with E-state index in [4.69, 9.17) is 9.47 Å². The Balaban J connectivity index is 2.40. The summed E-state index contributed by atoms with van der Waals surface area (Å²) in [6.45, 7) is 9.29. The predicted molar refractivity (Wildman–Crippen MR) is 77.1 cm³/mol. The fourth-order valence-electron chi connectivity index (χ4n) is 2.71. The molecule has 0 spiro atoms. The second-order valence-corrected chi connectivity index (χ2v) is 5.72. The largest absolute Gasteiger partial charge is 0.466 e. The average Bonchev–Trinajstić information content (AvgIpc) is 2.42. The number of carbonyl (C=O) groups excluding carboxylic acids is 2. The smallest absolute Gasteiger partial charge is 0.333 e. The maximum atomic E-state index is 11.6. The zero-order chi connectivity index (χ0) is 15.1. The van der Waals surface area contributed by atoms with Crippen molar-refractivity contribution in [1.29, 1.82) is 0 Å². The van der Waals surface area contributed by atoms with Crippen LogP contribution in [0, 0.1) is 11.8 Å². The third-order valence-electron chi connectivity index (χ3n) is 3.95. The Morgan fingerprint density at radius 2 is 1.80 bits per heavy atom. The van der Waals surface area contributed by atoms with Gasteiger partial charge in [0.2, 0.25) is 0 Å². The van der Waals surface area contributed by atoms with Crippen LogP contribution in [-0.4, -0.2) is 24.6 Å². The van der Waals surface area contributed by atoms with Gasteiger partial charge in [-0.25, -0.2) is 4.79 Å². The number of hydrogen-bond acceptors (Lipinski definition) is 4. The molecule has 1 aliphatic carbocycles. The van der Waals surface area contributed by atoms with E-state index in [9.17, 15) is 9.59 Å². The minimum absolute atomic E-state index is 0.0196.